The maximum Gasteiger partial charge on any atom is 0.311 e. The molecule has 0 aromatic heterocycles. The van der Waals surface area contributed by atoms with Crippen LogP contribution in [0.2, 0.25) is 0 Å². The Morgan fingerprint density at radius 3 is 2.54 bits per heavy atom. The molecule has 1 aliphatic carbocycles. The van der Waals surface area contributed by atoms with Gasteiger partial charge in [-0.15, -0.1) is 0 Å². The molecule has 1 saturated carbocycles. The van der Waals surface area contributed by atoms with Gasteiger partial charge in [0.15, 0.2) is 0 Å². The number of para-hydroxylation sites is 2. The van der Waals surface area contributed by atoms with Crippen molar-refractivity contribution in [2.75, 3.05) is 44.2 Å². The Kier molecular flexibility index (Phi) is 4.95. The number of rotatable bonds is 4. The number of aromatic hydroxyl groups is 1. The van der Waals surface area contributed by atoms with Crippen molar-refractivity contribution in [3.8, 4) is 5.75 Å². The number of anilines is 1. The number of benzene rings is 1. The fourth-order valence-electron chi connectivity index (χ4n) is 5.29. The van der Waals surface area contributed by atoms with Gasteiger partial charge in [-0.25, -0.2) is 0 Å². The fraction of sp³-hybridized carbons (Fsp3) is 0.619. The molecule has 1 amide bonds. The molecule has 0 radical (unpaired) electrons. The third-order valence-corrected chi connectivity index (χ3v) is 7.04. The van der Waals surface area contributed by atoms with Crippen LogP contribution >= 0.6 is 0 Å². The first-order chi connectivity index (χ1) is 13.4. The molecule has 3 atom stereocenters. The molecule has 152 valence electrons. The Balaban J connectivity index is 1.37. The molecule has 7 nitrogen and oxygen atoms in total. The quantitative estimate of drug-likeness (QED) is 0.817. The molecule has 3 fully saturated rings. The van der Waals surface area contributed by atoms with Crippen LogP contribution in [0.25, 0.3) is 0 Å². The molecule has 2 N–H and O–H groups in total. The first kappa shape index (κ1) is 19.1. The number of hydrogen-bond donors (Lipinski definition) is 2. The summed E-state index contributed by atoms with van der Waals surface area (Å²) in [5.41, 5.74) is 0.149. The second-order valence-electron chi connectivity index (χ2n) is 8.46. The Bertz CT molecular complexity index is 762. The predicted molar refractivity (Wildman–Crippen MR) is 105 cm³/mol. The number of likely N-dealkylation sites (tertiary alicyclic amines) is 1. The lowest BCUT2D eigenvalue weighted by molar-refractivity contribution is -0.150. The van der Waals surface area contributed by atoms with Gasteiger partial charge in [0.05, 0.1) is 17.1 Å². The second kappa shape index (κ2) is 7.28. The normalized spacial score (nSPS) is 29.0. The van der Waals surface area contributed by atoms with E-state index in [0.29, 0.717) is 39.3 Å². The SMILES string of the molecule is CC(C(=O)N1CCN(c2ccccc2O)CC1)N1C[C@@H]2CCC[C@@]2(C(=O)O)C1. The highest BCUT2D eigenvalue weighted by atomic mass is 16.4. The zero-order chi connectivity index (χ0) is 19.9. The molecule has 7 heteroatoms. The van der Waals surface area contributed by atoms with E-state index < -0.39 is 11.4 Å². The molecule has 1 aromatic rings. The topological polar surface area (TPSA) is 84.3 Å². The molecular weight excluding hydrogens is 358 g/mol. The van der Waals surface area contributed by atoms with E-state index in [2.05, 4.69) is 9.80 Å². The average molecular weight is 387 g/mol. The van der Waals surface area contributed by atoms with Gasteiger partial charge < -0.3 is 20.0 Å². The first-order valence-electron chi connectivity index (χ1n) is 10.2. The summed E-state index contributed by atoms with van der Waals surface area (Å²) in [6.45, 7) is 5.68. The van der Waals surface area contributed by atoms with Crippen LogP contribution in [-0.2, 0) is 9.59 Å². The van der Waals surface area contributed by atoms with Crippen LogP contribution in [0.15, 0.2) is 24.3 Å². The van der Waals surface area contributed by atoms with Crippen molar-refractivity contribution < 1.29 is 19.8 Å². The van der Waals surface area contributed by atoms with Crippen molar-refractivity contribution in [3.05, 3.63) is 24.3 Å². The third-order valence-electron chi connectivity index (χ3n) is 7.04. The summed E-state index contributed by atoms with van der Waals surface area (Å²) in [4.78, 5) is 31.0. The maximum atomic E-state index is 13.1. The summed E-state index contributed by atoms with van der Waals surface area (Å²) in [6, 6.07) is 6.98. The summed E-state index contributed by atoms with van der Waals surface area (Å²) in [6.07, 6.45) is 2.65. The number of carbonyl (C=O) groups excluding carboxylic acids is 1. The summed E-state index contributed by atoms with van der Waals surface area (Å²) in [5.74, 6) is -0.192. The first-order valence-corrected chi connectivity index (χ1v) is 10.2. The number of piperazine rings is 1. The number of nitrogens with zero attached hydrogens (tertiary/aromatic N) is 3. The van der Waals surface area contributed by atoms with E-state index in [1.807, 2.05) is 24.0 Å². The molecule has 1 unspecified atom stereocenters. The molecule has 4 rings (SSSR count). The van der Waals surface area contributed by atoms with Crippen molar-refractivity contribution in [2.24, 2.45) is 11.3 Å². The molecular formula is C21H29N3O4. The van der Waals surface area contributed by atoms with Gasteiger partial charge >= 0.3 is 5.97 Å². The van der Waals surface area contributed by atoms with Crippen molar-refractivity contribution in [1.29, 1.82) is 0 Å². The maximum absolute atomic E-state index is 13.1. The predicted octanol–water partition coefficient (Wildman–Crippen LogP) is 1.62. The molecule has 0 spiro atoms. The van der Waals surface area contributed by atoms with E-state index in [1.54, 1.807) is 12.1 Å². The highest BCUT2D eigenvalue weighted by Crippen LogP contribution is 2.49. The number of carboxylic acid groups (broad SMARTS) is 1. The van der Waals surface area contributed by atoms with Crippen molar-refractivity contribution >= 4 is 17.6 Å². The number of fused-ring (bicyclic) bond motifs is 1. The van der Waals surface area contributed by atoms with E-state index in [1.165, 1.54) is 0 Å². The van der Waals surface area contributed by atoms with Crippen molar-refractivity contribution in [3.63, 3.8) is 0 Å². The number of carboxylic acids is 1. The number of carbonyl (C=O) groups is 2. The fourth-order valence-corrected chi connectivity index (χ4v) is 5.29. The Labute approximate surface area is 165 Å². The van der Waals surface area contributed by atoms with E-state index in [9.17, 15) is 19.8 Å². The second-order valence-corrected chi connectivity index (χ2v) is 8.46. The van der Waals surface area contributed by atoms with Crippen LogP contribution in [0.3, 0.4) is 0 Å². The smallest absolute Gasteiger partial charge is 0.311 e. The van der Waals surface area contributed by atoms with Gasteiger partial charge in [0.1, 0.15) is 5.75 Å². The molecule has 2 saturated heterocycles. The third kappa shape index (κ3) is 3.11. The lowest BCUT2D eigenvalue weighted by Crippen LogP contribution is -2.54. The van der Waals surface area contributed by atoms with Crippen LogP contribution in [0, 0.1) is 11.3 Å². The minimum Gasteiger partial charge on any atom is -0.506 e. The molecule has 2 heterocycles. The standard InChI is InChI=1S/C21H29N3O4/c1-15(24-13-16-5-4-8-21(16,14-24)20(27)28)19(26)23-11-9-22(10-12-23)17-6-2-3-7-18(17)25/h2-3,6-7,15-16,25H,4-5,8-14H2,1H3,(H,27,28)/t15?,16-,21+/m0/s1. The summed E-state index contributed by atoms with van der Waals surface area (Å²) >= 11 is 0. The zero-order valence-corrected chi connectivity index (χ0v) is 16.4. The van der Waals surface area contributed by atoms with Gasteiger partial charge in [-0.05, 0) is 37.8 Å². The van der Waals surface area contributed by atoms with Gasteiger partial charge in [0.2, 0.25) is 5.91 Å². The number of phenols is 1. The minimum absolute atomic E-state index is 0.0810. The van der Waals surface area contributed by atoms with Gasteiger partial charge in [-0.2, -0.15) is 0 Å². The van der Waals surface area contributed by atoms with Gasteiger partial charge in [-0.3, -0.25) is 14.5 Å². The molecule has 28 heavy (non-hydrogen) atoms. The highest BCUT2D eigenvalue weighted by molar-refractivity contribution is 5.82. The van der Waals surface area contributed by atoms with E-state index in [-0.39, 0.29) is 23.6 Å². The Hall–Kier alpha value is -2.28. The van der Waals surface area contributed by atoms with Gasteiger partial charge in [0.25, 0.3) is 0 Å². The van der Waals surface area contributed by atoms with Gasteiger partial charge in [-0.1, -0.05) is 18.6 Å². The lowest BCUT2D eigenvalue weighted by Gasteiger charge is -2.38. The lowest BCUT2D eigenvalue weighted by atomic mass is 9.81. The van der Waals surface area contributed by atoms with Crippen LogP contribution in [0.1, 0.15) is 26.2 Å². The Morgan fingerprint density at radius 1 is 1.18 bits per heavy atom. The number of aliphatic carboxylic acids is 1. The number of amides is 1. The number of phenolic OH excluding ortho intramolecular Hbond substituents is 1. The number of hydrogen-bond acceptors (Lipinski definition) is 5. The van der Waals surface area contributed by atoms with E-state index in [0.717, 1.165) is 24.9 Å². The molecule has 2 aliphatic heterocycles. The zero-order valence-electron chi connectivity index (χ0n) is 16.4. The highest BCUT2D eigenvalue weighted by Gasteiger charge is 2.56. The van der Waals surface area contributed by atoms with Crippen molar-refractivity contribution in [1.82, 2.24) is 9.80 Å². The summed E-state index contributed by atoms with van der Waals surface area (Å²) in [5, 5.41) is 19.8. The monoisotopic (exact) mass is 387 g/mol. The van der Waals surface area contributed by atoms with E-state index in [4.69, 9.17) is 0 Å². The minimum atomic E-state index is -0.701. The van der Waals surface area contributed by atoms with Crippen LogP contribution in [0.5, 0.6) is 5.75 Å². The molecule has 0 bridgehead atoms. The summed E-state index contributed by atoms with van der Waals surface area (Å²) < 4.78 is 0. The van der Waals surface area contributed by atoms with Crippen LogP contribution in [0.4, 0.5) is 5.69 Å². The van der Waals surface area contributed by atoms with Crippen LogP contribution in [-0.4, -0.2) is 77.2 Å². The van der Waals surface area contributed by atoms with E-state index >= 15 is 0 Å². The van der Waals surface area contributed by atoms with Crippen LogP contribution < -0.4 is 4.90 Å². The molecule has 1 aromatic carbocycles. The summed E-state index contributed by atoms with van der Waals surface area (Å²) in [7, 11) is 0. The largest absolute Gasteiger partial charge is 0.506 e. The van der Waals surface area contributed by atoms with Crippen molar-refractivity contribution in [2.45, 2.75) is 32.2 Å². The molecule has 3 aliphatic rings. The average Bonchev–Trinajstić information content (AvgIpc) is 3.26. The van der Waals surface area contributed by atoms with Gasteiger partial charge in [0, 0.05) is 39.3 Å². The Morgan fingerprint density at radius 2 is 1.89 bits per heavy atom.